The number of likely N-dealkylation sites (N-methyl/N-ethyl adjacent to an activating group) is 1. The average molecular weight is 461 g/mol. The van der Waals surface area contributed by atoms with Crippen molar-refractivity contribution < 1.29 is 24.5 Å². The summed E-state index contributed by atoms with van der Waals surface area (Å²) in [7, 11) is 3.97. The standard InChI is InChI=1S/C26H40N2O5/c1-25-15-20(18-7-5-4-6-8-18)16-26(33-25,12-9-21(23(25)30)28(2)3)22(29)17-27-24(31)19-10-13-32-14-11-19/h4-8,19-23,29-30H,9-17H2,1-3H3,(H,27,31)/t20-,21-,22+,23+,25+,26+/m1/s1. The summed E-state index contributed by atoms with van der Waals surface area (Å²) in [6, 6.07) is 10.3. The Hall–Kier alpha value is -1.51. The normalized spacial score (nSPS) is 36.2. The lowest BCUT2D eigenvalue weighted by Crippen LogP contribution is -2.61. The maximum Gasteiger partial charge on any atom is 0.223 e. The molecule has 184 valence electrons. The molecule has 3 heterocycles. The Bertz CT molecular complexity index is 799. The summed E-state index contributed by atoms with van der Waals surface area (Å²) in [6.45, 7) is 3.34. The highest BCUT2D eigenvalue weighted by atomic mass is 16.6. The van der Waals surface area contributed by atoms with Gasteiger partial charge in [-0.2, -0.15) is 0 Å². The molecule has 6 atom stereocenters. The van der Waals surface area contributed by atoms with Crippen LogP contribution in [0.5, 0.6) is 0 Å². The van der Waals surface area contributed by atoms with E-state index in [0.29, 0.717) is 45.3 Å². The molecule has 7 heteroatoms. The largest absolute Gasteiger partial charge is 0.388 e. The maximum absolute atomic E-state index is 12.7. The number of aliphatic hydroxyl groups is 2. The van der Waals surface area contributed by atoms with Crippen LogP contribution in [0.4, 0.5) is 0 Å². The summed E-state index contributed by atoms with van der Waals surface area (Å²) in [4.78, 5) is 14.8. The van der Waals surface area contributed by atoms with E-state index >= 15 is 0 Å². The molecule has 2 bridgehead atoms. The van der Waals surface area contributed by atoms with Crippen molar-refractivity contribution in [2.75, 3.05) is 33.9 Å². The smallest absolute Gasteiger partial charge is 0.223 e. The van der Waals surface area contributed by atoms with Crippen molar-refractivity contribution in [3.63, 3.8) is 0 Å². The van der Waals surface area contributed by atoms with E-state index in [2.05, 4.69) is 22.3 Å². The zero-order valence-corrected chi connectivity index (χ0v) is 20.2. The van der Waals surface area contributed by atoms with Gasteiger partial charge in [-0.15, -0.1) is 0 Å². The monoisotopic (exact) mass is 460 g/mol. The van der Waals surface area contributed by atoms with Crippen LogP contribution in [0.2, 0.25) is 0 Å². The summed E-state index contributed by atoms with van der Waals surface area (Å²) in [5.41, 5.74) is -0.427. The molecule has 0 aromatic heterocycles. The molecule has 1 aromatic carbocycles. The van der Waals surface area contributed by atoms with E-state index in [9.17, 15) is 15.0 Å². The fourth-order valence-electron chi connectivity index (χ4n) is 6.18. The molecule has 3 N–H and O–H groups in total. The summed E-state index contributed by atoms with van der Waals surface area (Å²) in [5.74, 6) is 0.0697. The summed E-state index contributed by atoms with van der Waals surface area (Å²) < 4.78 is 12.1. The van der Waals surface area contributed by atoms with Crippen molar-refractivity contribution in [1.82, 2.24) is 10.2 Å². The van der Waals surface area contributed by atoms with Gasteiger partial charge in [0.05, 0.1) is 17.3 Å². The van der Waals surface area contributed by atoms with E-state index in [0.717, 1.165) is 6.42 Å². The topological polar surface area (TPSA) is 91.3 Å². The molecule has 3 aliphatic rings. The fourth-order valence-corrected chi connectivity index (χ4v) is 6.18. The number of amides is 1. The van der Waals surface area contributed by atoms with E-state index in [-0.39, 0.29) is 30.3 Å². The number of ether oxygens (including phenoxy) is 2. The Labute approximate surface area is 197 Å². The second-order valence-electron chi connectivity index (χ2n) is 10.7. The fraction of sp³-hybridized carbons (Fsp3) is 0.731. The van der Waals surface area contributed by atoms with Crippen molar-refractivity contribution >= 4 is 5.91 Å². The van der Waals surface area contributed by atoms with Gasteiger partial charge in [0.2, 0.25) is 5.91 Å². The molecule has 0 saturated carbocycles. The van der Waals surface area contributed by atoms with E-state index in [1.165, 1.54) is 5.56 Å². The number of carbonyl (C=O) groups excluding carboxylic acids is 1. The van der Waals surface area contributed by atoms with Gasteiger partial charge in [0.25, 0.3) is 0 Å². The van der Waals surface area contributed by atoms with Gasteiger partial charge in [0.15, 0.2) is 0 Å². The van der Waals surface area contributed by atoms with Crippen LogP contribution in [-0.2, 0) is 14.3 Å². The maximum atomic E-state index is 12.7. The van der Waals surface area contributed by atoms with Crippen LogP contribution in [0.1, 0.15) is 56.9 Å². The van der Waals surface area contributed by atoms with Crippen molar-refractivity contribution in [2.24, 2.45) is 5.92 Å². The third-order valence-corrected chi connectivity index (χ3v) is 8.14. The molecule has 0 unspecified atom stereocenters. The minimum atomic E-state index is -0.861. The number of rotatable bonds is 6. The first-order valence-corrected chi connectivity index (χ1v) is 12.4. The van der Waals surface area contributed by atoms with Crippen LogP contribution in [0.3, 0.4) is 0 Å². The third-order valence-electron chi connectivity index (χ3n) is 8.14. The van der Waals surface area contributed by atoms with E-state index in [1.807, 2.05) is 39.2 Å². The lowest BCUT2D eigenvalue weighted by molar-refractivity contribution is -0.250. The second kappa shape index (κ2) is 10.0. The molecular weight excluding hydrogens is 420 g/mol. The first-order chi connectivity index (χ1) is 15.7. The summed E-state index contributed by atoms with van der Waals surface area (Å²) >= 11 is 0. The summed E-state index contributed by atoms with van der Waals surface area (Å²) in [6.07, 6.45) is 2.59. The molecule has 0 spiro atoms. The second-order valence-corrected chi connectivity index (χ2v) is 10.7. The minimum absolute atomic E-state index is 0.0215. The van der Waals surface area contributed by atoms with Gasteiger partial charge >= 0.3 is 0 Å². The van der Waals surface area contributed by atoms with Crippen molar-refractivity contribution in [3.05, 3.63) is 35.9 Å². The van der Waals surface area contributed by atoms with Crippen LogP contribution in [0, 0.1) is 5.92 Å². The van der Waals surface area contributed by atoms with E-state index in [1.54, 1.807) is 0 Å². The Morgan fingerprint density at radius 2 is 1.88 bits per heavy atom. The number of aliphatic hydroxyl groups excluding tert-OH is 2. The predicted molar refractivity (Wildman–Crippen MR) is 126 cm³/mol. The Kier molecular flexibility index (Phi) is 7.46. The Morgan fingerprint density at radius 1 is 1.18 bits per heavy atom. The van der Waals surface area contributed by atoms with E-state index in [4.69, 9.17) is 9.47 Å². The van der Waals surface area contributed by atoms with E-state index < -0.39 is 23.4 Å². The quantitative estimate of drug-likeness (QED) is 0.602. The van der Waals surface area contributed by atoms with Gasteiger partial charge in [-0.05, 0) is 71.0 Å². The Morgan fingerprint density at radius 3 is 2.55 bits per heavy atom. The molecule has 4 rings (SSSR count). The molecule has 33 heavy (non-hydrogen) atoms. The van der Waals surface area contributed by atoms with Gasteiger partial charge in [0, 0.05) is 31.7 Å². The highest BCUT2D eigenvalue weighted by Gasteiger charge is 2.57. The molecule has 0 aliphatic carbocycles. The zero-order chi connectivity index (χ0) is 23.6. The van der Waals surface area contributed by atoms with Crippen molar-refractivity contribution in [2.45, 2.75) is 80.8 Å². The molecule has 0 radical (unpaired) electrons. The zero-order valence-electron chi connectivity index (χ0n) is 20.2. The lowest BCUT2D eigenvalue weighted by Gasteiger charge is -2.52. The highest BCUT2D eigenvalue weighted by Crippen LogP contribution is 2.51. The molecule has 1 aromatic rings. The third kappa shape index (κ3) is 5.13. The van der Waals surface area contributed by atoms with Gasteiger partial charge in [-0.25, -0.2) is 0 Å². The number of hydrogen-bond donors (Lipinski definition) is 3. The minimum Gasteiger partial charge on any atom is -0.388 e. The average Bonchev–Trinajstić information content (AvgIpc) is 2.90. The van der Waals surface area contributed by atoms with Crippen LogP contribution in [0.15, 0.2) is 30.3 Å². The number of benzene rings is 1. The first kappa shape index (κ1) is 24.6. The molecule has 3 saturated heterocycles. The van der Waals surface area contributed by atoms with Crippen molar-refractivity contribution in [3.8, 4) is 0 Å². The number of nitrogens with zero attached hydrogens (tertiary/aromatic N) is 1. The lowest BCUT2D eigenvalue weighted by atomic mass is 9.72. The van der Waals surface area contributed by atoms with Crippen LogP contribution < -0.4 is 5.32 Å². The van der Waals surface area contributed by atoms with Gasteiger partial charge < -0.3 is 29.9 Å². The summed E-state index contributed by atoms with van der Waals surface area (Å²) in [5, 5.41) is 25.9. The molecule has 3 aliphatic heterocycles. The highest BCUT2D eigenvalue weighted by molar-refractivity contribution is 5.78. The van der Waals surface area contributed by atoms with Crippen LogP contribution >= 0.6 is 0 Å². The predicted octanol–water partition coefficient (Wildman–Crippen LogP) is 2.07. The molecule has 7 nitrogen and oxygen atoms in total. The molecule has 3 fully saturated rings. The number of hydrogen-bond acceptors (Lipinski definition) is 6. The van der Waals surface area contributed by atoms with Crippen LogP contribution in [0.25, 0.3) is 0 Å². The molecular formula is C26H40N2O5. The first-order valence-electron chi connectivity index (χ1n) is 12.4. The SMILES string of the molecule is CN(C)[C@@H]1CC[C@@]2([C@@H](O)CNC(=O)C3CCOCC3)C[C@H](c3ccccc3)C[C@](C)(O2)[C@H]1O. The number of fused-ring (bicyclic) bond motifs is 2. The molecule has 1 amide bonds. The van der Waals surface area contributed by atoms with Crippen molar-refractivity contribution in [1.29, 1.82) is 0 Å². The van der Waals surface area contributed by atoms with Gasteiger partial charge in [-0.3, -0.25) is 4.79 Å². The Balaban J connectivity index is 1.57. The van der Waals surface area contributed by atoms with Gasteiger partial charge in [0.1, 0.15) is 6.10 Å². The number of carbonyl (C=O) groups is 1. The number of nitrogens with one attached hydrogen (secondary N) is 1. The van der Waals surface area contributed by atoms with Crippen LogP contribution in [-0.4, -0.2) is 84.3 Å². The van der Waals surface area contributed by atoms with Gasteiger partial charge in [-0.1, -0.05) is 30.3 Å².